The highest BCUT2D eigenvalue weighted by Gasteiger charge is 2.34. The number of nitrogens with one attached hydrogen (secondary N) is 1. The fourth-order valence-corrected chi connectivity index (χ4v) is 4.11. The highest BCUT2D eigenvalue weighted by molar-refractivity contribution is 7.89. The van der Waals surface area contributed by atoms with E-state index in [1.54, 1.807) is 24.5 Å². The van der Waals surface area contributed by atoms with Crippen LogP contribution in [0.1, 0.15) is 24.2 Å². The lowest BCUT2D eigenvalue weighted by atomic mass is 10.1. The molecule has 1 aromatic carbocycles. The number of H-pyrrole nitrogens is 1. The Hall–Kier alpha value is -1.70. The molecule has 2 aromatic rings. The van der Waals surface area contributed by atoms with E-state index in [0.717, 1.165) is 11.1 Å². The van der Waals surface area contributed by atoms with Crippen molar-refractivity contribution in [1.29, 1.82) is 0 Å². The Balaban J connectivity index is 1.88. The van der Waals surface area contributed by atoms with Crippen molar-refractivity contribution in [3.8, 4) is 0 Å². The summed E-state index contributed by atoms with van der Waals surface area (Å²) in [7, 11) is -3.51. The first kappa shape index (κ1) is 15.2. The Morgan fingerprint density at radius 1 is 1.27 bits per heavy atom. The van der Waals surface area contributed by atoms with E-state index in [0.29, 0.717) is 18.0 Å². The van der Waals surface area contributed by atoms with E-state index in [2.05, 4.69) is 10.2 Å². The van der Waals surface area contributed by atoms with Gasteiger partial charge >= 0.3 is 0 Å². The van der Waals surface area contributed by atoms with Gasteiger partial charge in [-0.25, -0.2) is 8.42 Å². The van der Waals surface area contributed by atoms with E-state index in [-0.39, 0.29) is 12.2 Å². The summed E-state index contributed by atoms with van der Waals surface area (Å²) >= 11 is 0. The zero-order valence-corrected chi connectivity index (χ0v) is 13.4. The second kappa shape index (κ2) is 5.83. The Kier molecular flexibility index (Phi) is 4.03. The number of sulfonamides is 1. The molecule has 3 rings (SSSR count). The van der Waals surface area contributed by atoms with Crippen molar-refractivity contribution in [2.24, 2.45) is 0 Å². The third-order valence-corrected chi connectivity index (χ3v) is 5.62. The number of aromatic amines is 1. The molecule has 0 amide bonds. The van der Waals surface area contributed by atoms with E-state index >= 15 is 0 Å². The molecule has 6 nitrogen and oxygen atoms in total. The summed E-state index contributed by atoms with van der Waals surface area (Å²) < 4.78 is 32.9. The lowest BCUT2D eigenvalue weighted by molar-refractivity contribution is -0.0556. The predicted molar refractivity (Wildman–Crippen MR) is 81.8 cm³/mol. The maximum Gasteiger partial charge on any atom is 0.243 e. The molecule has 1 saturated heterocycles. The van der Waals surface area contributed by atoms with Crippen molar-refractivity contribution in [2.75, 3.05) is 13.1 Å². The second-order valence-electron chi connectivity index (χ2n) is 5.60. The molecule has 1 aromatic heterocycles. The van der Waals surface area contributed by atoms with Gasteiger partial charge in [0.25, 0.3) is 0 Å². The highest BCUT2D eigenvalue weighted by Crippen LogP contribution is 2.28. The minimum absolute atomic E-state index is 0.172. The molecule has 2 heterocycles. The Labute approximate surface area is 130 Å². The van der Waals surface area contributed by atoms with Crippen molar-refractivity contribution in [3.05, 3.63) is 47.8 Å². The summed E-state index contributed by atoms with van der Waals surface area (Å²) in [6.07, 6.45) is 2.93. The lowest BCUT2D eigenvalue weighted by Crippen LogP contribution is -2.45. The van der Waals surface area contributed by atoms with E-state index in [9.17, 15) is 8.42 Å². The highest BCUT2D eigenvalue weighted by atomic mass is 32.2. The first-order chi connectivity index (χ1) is 10.5. The number of ether oxygens (including phenoxy) is 1. The van der Waals surface area contributed by atoms with Gasteiger partial charge in [0.15, 0.2) is 0 Å². The van der Waals surface area contributed by atoms with Crippen LogP contribution in [0.2, 0.25) is 0 Å². The number of nitrogens with zero attached hydrogens (tertiary/aromatic N) is 2. The van der Waals surface area contributed by atoms with Crippen LogP contribution >= 0.6 is 0 Å². The van der Waals surface area contributed by atoms with Gasteiger partial charge in [0.1, 0.15) is 0 Å². The van der Waals surface area contributed by atoms with Gasteiger partial charge in [0.05, 0.1) is 23.3 Å². The summed E-state index contributed by atoms with van der Waals surface area (Å²) in [6.45, 7) is 4.46. The first-order valence-electron chi connectivity index (χ1n) is 7.18. The number of rotatable bonds is 3. The zero-order chi connectivity index (χ0) is 15.7. The number of aromatic nitrogens is 2. The monoisotopic (exact) mass is 321 g/mol. The summed E-state index contributed by atoms with van der Waals surface area (Å²) in [5, 5.41) is 6.64. The van der Waals surface area contributed by atoms with Gasteiger partial charge < -0.3 is 4.74 Å². The van der Waals surface area contributed by atoms with Gasteiger partial charge in [-0.1, -0.05) is 17.7 Å². The topological polar surface area (TPSA) is 75.3 Å². The zero-order valence-electron chi connectivity index (χ0n) is 12.6. The normalized spacial score (nSPS) is 23.5. The number of hydrogen-bond donors (Lipinski definition) is 1. The molecular formula is C15H19N3O3S. The van der Waals surface area contributed by atoms with Crippen molar-refractivity contribution < 1.29 is 13.2 Å². The fraction of sp³-hybridized carbons (Fsp3) is 0.400. The fourth-order valence-electron chi connectivity index (χ4n) is 2.59. The van der Waals surface area contributed by atoms with Crippen LogP contribution in [0.5, 0.6) is 0 Å². The third kappa shape index (κ3) is 2.92. The van der Waals surface area contributed by atoms with E-state index < -0.39 is 10.0 Å². The molecule has 1 unspecified atom stereocenters. The summed E-state index contributed by atoms with van der Waals surface area (Å²) in [4.78, 5) is 0.318. The maximum atomic E-state index is 12.8. The molecular weight excluding hydrogens is 302 g/mol. The number of hydrogen-bond acceptors (Lipinski definition) is 4. The second-order valence-corrected chi connectivity index (χ2v) is 7.54. The van der Waals surface area contributed by atoms with Crippen LogP contribution in [0.3, 0.4) is 0 Å². The van der Waals surface area contributed by atoms with Crippen LogP contribution in [0.25, 0.3) is 0 Å². The van der Waals surface area contributed by atoms with Crippen molar-refractivity contribution in [3.63, 3.8) is 0 Å². The lowest BCUT2D eigenvalue weighted by Gasteiger charge is -2.35. The molecule has 22 heavy (non-hydrogen) atoms. The van der Waals surface area contributed by atoms with Crippen molar-refractivity contribution in [1.82, 2.24) is 14.5 Å². The average Bonchev–Trinajstić information content (AvgIpc) is 3.01. The Bertz CT molecular complexity index is 726. The van der Waals surface area contributed by atoms with Gasteiger partial charge in [-0.15, -0.1) is 0 Å². The van der Waals surface area contributed by atoms with Gasteiger partial charge in [0.2, 0.25) is 10.0 Å². The Morgan fingerprint density at radius 3 is 2.64 bits per heavy atom. The molecule has 1 N–H and O–H groups in total. The molecule has 0 saturated carbocycles. The van der Waals surface area contributed by atoms with Crippen LogP contribution in [-0.4, -0.2) is 42.1 Å². The molecule has 1 aliphatic rings. The van der Waals surface area contributed by atoms with Crippen LogP contribution in [0.15, 0.2) is 41.6 Å². The van der Waals surface area contributed by atoms with Crippen LogP contribution in [-0.2, 0) is 14.8 Å². The summed E-state index contributed by atoms with van der Waals surface area (Å²) in [6, 6.07) is 6.92. The predicted octanol–water partition coefficient (Wildman–Crippen LogP) is 1.87. The maximum absolute atomic E-state index is 12.8. The molecule has 0 aliphatic carbocycles. The molecule has 2 atom stereocenters. The number of benzene rings is 1. The largest absolute Gasteiger partial charge is 0.368 e. The molecule has 0 spiro atoms. The minimum Gasteiger partial charge on any atom is -0.368 e. The summed E-state index contributed by atoms with van der Waals surface area (Å²) in [5.41, 5.74) is 1.89. The minimum atomic E-state index is -3.51. The van der Waals surface area contributed by atoms with Crippen LogP contribution in [0.4, 0.5) is 0 Å². The van der Waals surface area contributed by atoms with Crippen LogP contribution < -0.4 is 0 Å². The Morgan fingerprint density at radius 2 is 2.00 bits per heavy atom. The molecule has 0 bridgehead atoms. The smallest absolute Gasteiger partial charge is 0.243 e. The standard InChI is InChI=1S/C15H19N3O3S/c1-11-3-5-14(6-4-11)22(19,20)18-9-12(2)21-15(10-18)13-7-16-17-8-13/h3-8,12,15H,9-10H2,1-2H3,(H,16,17)/t12-,15?/m1/s1. The van der Waals surface area contributed by atoms with Gasteiger partial charge in [0, 0.05) is 24.8 Å². The quantitative estimate of drug-likeness (QED) is 0.936. The van der Waals surface area contributed by atoms with Crippen molar-refractivity contribution in [2.45, 2.75) is 31.0 Å². The SMILES string of the molecule is Cc1ccc(S(=O)(=O)N2CC(c3cn[nH]c3)O[C@H](C)C2)cc1. The van der Waals surface area contributed by atoms with Gasteiger partial charge in [-0.05, 0) is 26.0 Å². The molecule has 1 aliphatic heterocycles. The number of aryl methyl sites for hydroxylation is 1. The molecule has 7 heteroatoms. The first-order valence-corrected chi connectivity index (χ1v) is 8.62. The van der Waals surface area contributed by atoms with E-state index in [1.807, 2.05) is 26.0 Å². The summed E-state index contributed by atoms with van der Waals surface area (Å²) in [5.74, 6) is 0. The van der Waals surface area contributed by atoms with Crippen molar-refractivity contribution >= 4 is 10.0 Å². The van der Waals surface area contributed by atoms with Gasteiger partial charge in [-0.2, -0.15) is 9.40 Å². The number of morpholine rings is 1. The van der Waals surface area contributed by atoms with E-state index in [4.69, 9.17) is 4.74 Å². The molecule has 0 radical (unpaired) electrons. The molecule has 1 fully saturated rings. The average molecular weight is 321 g/mol. The van der Waals surface area contributed by atoms with Crippen LogP contribution in [0, 0.1) is 6.92 Å². The third-order valence-electron chi connectivity index (χ3n) is 3.78. The van der Waals surface area contributed by atoms with Gasteiger partial charge in [-0.3, -0.25) is 5.10 Å². The van der Waals surface area contributed by atoms with E-state index in [1.165, 1.54) is 4.31 Å². The molecule has 118 valence electrons.